The Kier molecular flexibility index (Phi) is 2.64. The first-order valence-corrected chi connectivity index (χ1v) is 6.76. The number of aromatic nitrogens is 8. The van der Waals surface area contributed by atoms with Crippen LogP contribution >= 0.6 is 0 Å². The molecule has 116 valence electrons. The summed E-state index contributed by atoms with van der Waals surface area (Å²) in [5.74, 6) is 0.487. The lowest BCUT2D eigenvalue weighted by Gasteiger charge is -1.98. The van der Waals surface area contributed by atoms with Crippen molar-refractivity contribution in [3.05, 3.63) is 39.9 Å². The van der Waals surface area contributed by atoms with Gasteiger partial charge in [-0.15, -0.1) is 5.10 Å². The predicted octanol–water partition coefficient (Wildman–Crippen LogP) is 0.770. The van der Waals surface area contributed by atoms with E-state index in [2.05, 4.69) is 30.4 Å². The molecule has 0 radical (unpaired) electrons. The van der Waals surface area contributed by atoms with E-state index in [9.17, 15) is 10.1 Å². The highest BCUT2D eigenvalue weighted by molar-refractivity contribution is 5.87. The highest BCUT2D eigenvalue weighted by Crippen LogP contribution is 2.22. The van der Waals surface area contributed by atoms with Crippen molar-refractivity contribution in [3.63, 3.8) is 0 Å². The number of H-pyrrole nitrogens is 1. The van der Waals surface area contributed by atoms with Gasteiger partial charge in [0, 0.05) is 0 Å². The number of rotatable bonds is 3. The van der Waals surface area contributed by atoms with Crippen molar-refractivity contribution in [1.82, 2.24) is 39.6 Å². The van der Waals surface area contributed by atoms with Crippen molar-refractivity contribution >= 4 is 22.4 Å². The molecule has 0 saturated heterocycles. The summed E-state index contributed by atoms with van der Waals surface area (Å²) in [7, 11) is 0. The molecule has 0 bridgehead atoms. The Balaban J connectivity index is 1.79. The van der Waals surface area contributed by atoms with Crippen LogP contribution in [0, 0.1) is 24.0 Å². The zero-order valence-electron chi connectivity index (χ0n) is 12.3. The molecule has 0 spiro atoms. The van der Waals surface area contributed by atoms with Crippen LogP contribution in [0.25, 0.3) is 16.7 Å². The predicted molar refractivity (Wildman–Crippen MR) is 77.9 cm³/mol. The topological polar surface area (TPSA) is 133 Å². The Hall–Kier alpha value is -3.37. The lowest BCUT2D eigenvalue weighted by atomic mass is 10.3. The van der Waals surface area contributed by atoms with Gasteiger partial charge in [0.25, 0.3) is 0 Å². The third-order valence-corrected chi connectivity index (χ3v) is 3.65. The summed E-state index contributed by atoms with van der Waals surface area (Å²) in [6.07, 6.45) is 3.17. The van der Waals surface area contributed by atoms with Gasteiger partial charge in [0.05, 0.1) is 16.5 Å². The van der Waals surface area contributed by atoms with Gasteiger partial charge in [-0.25, -0.2) is 14.5 Å². The first-order valence-electron chi connectivity index (χ1n) is 6.76. The molecule has 0 atom stereocenters. The first-order chi connectivity index (χ1) is 11.0. The van der Waals surface area contributed by atoms with Gasteiger partial charge in [0.2, 0.25) is 0 Å². The summed E-state index contributed by atoms with van der Waals surface area (Å²) in [5.41, 5.74) is 2.11. The average Bonchev–Trinajstić information content (AvgIpc) is 3.16. The Labute approximate surface area is 128 Å². The molecule has 0 aromatic carbocycles. The van der Waals surface area contributed by atoms with Crippen molar-refractivity contribution in [1.29, 1.82) is 0 Å². The van der Waals surface area contributed by atoms with Gasteiger partial charge >= 0.3 is 5.69 Å². The maximum Gasteiger partial charge on any atom is 0.312 e. The molecule has 1 N–H and O–H groups in total. The molecule has 0 amide bonds. The SMILES string of the molecule is Cc1nn(Cc2nc3c4cn[nH]c4ncn3n2)c(C)c1[N+](=O)[O-]. The van der Waals surface area contributed by atoms with Crippen molar-refractivity contribution in [2.24, 2.45) is 0 Å². The molecule has 0 saturated carbocycles. The van der Waals surface area contributed by atoms with Crippen molar-refractivity contribution in [3.8, 4) is 0 Å². The van der Waals surface area contributed by atoms with Crippen LogP contribution in [0.4, 0.5) is 5.69 Å². The van der Waals surface area contributed by atoms with Crippen LogP contribution in [-0.4, -0.2) is 44.5 Å². The third kappa shape index (κ3) is 1.93. The van der Waals surface area contributed by atoms with Crippen molar-refractivity contribution < 1.29 is 4.92 Å². The monoisotopic (exact) mass is 313 g/mol. The highest BCUT2D eigenvalue weighted by Gasteiger charge is 2.22. The summed E-state index contributed by atoms with van der Waals surface area (Å²) < 4.78 is 3.08. The minimum absolute atomic E-state index is 0.0210. The fourth-order valence-corrected chi connectivity index (χ4v) is 2.59. The summed E-state index contributed by atoms with van der Waals surface area (Å²) >= 11 is 0. The maximum absolute atomic E-state index is 11.1. The molecule has 4 aromatic heterocycles. The quantitative estimate of drug-likeness (QED) is 0.436. The van der Waals surface area contributed by atoms with E-state index >= 15 is 0 Å². The molecule has 11 nitrogen and oxygen atoms in total. The van der Waals surface area contributed by atoms with Gasteiger partial charge in [-0.1, -0.05) is 0 Å². The molecule has 11 heteroatoms. The van der Waals surface area contributed by atoms with Crippen LogP contribution in [0.1, 0.15) is 17.2 Å². The van der Waals surface area contributed by atoms with Gasteiger partial charge in [-0.3, -0.25) is 19.9 Å². The van der Waals surface area contributed by atoms with E-state index in [0.29, 0.717) is 28.5 Å². The van der Waals surface area contributed by atoms with Gasteiger partial charge in [-0.2, -0.15) is 10.2 Å². The van der Waals surface area contributed by atoms with Crippen LogP contribution in [0.2, 0.25) is 0 Å². The minimum Gasteiger partial charge on any atom is -0.261 e. The molecule has 0 aliphatic carbocycles. The molecular formula is C12H11N9O2. The number of nitrogens with zero attached hydrogens (tertiary/aromatic N) is 8. The second-order valence-electron chi connectivity index (χ2n) is 5.11. The summed E-state index contributed by atoms with van der Waals surface area (Å²) in [5, 5.41) is 27.1. The van der Waals surface area contributed by atoms with E-state index in [1.165, 1.54) is 11.0 Å². The molecule has 23 heavy (non-hydrogen) atoms. The highest BCUT2D eigenvalue weighted by atomic mass is 16.6. The van der Waals surface area contributed by atoms with E-state index in [4.69, 9.17) is 0 Å². The number of nitro groups is 1. The summed E-state index contributed by atoms with van der Waals surface area (Å²) in [6.45, 7) is 3.50. The number of hydrogen-bond donors (Lipinski definition) is 1. The first kappa shape index (κ1) is 13.3. The zero-order chi connectivity index (χ0) is 16.1. The molecular weight excluding hydrogens is 302 g/mol. The number of aryl methyl sites for hydroxylation is 1. The van der Waals surface area contributed by atoms with Gasteiger partial charge < -0.3 is 0 Å². The van der Waals surface area contributed by atoms with E-state index in [1.807, 2.05) is 0 Å². The molecule has 4 aromatic rings. The molecule has 4 rings (SSSR count). The van der Waals surface area contributed by atoms with Gasteiger partial charge in [0.15, 0.2) is 17.1 Å². The van der Waals surface area contributed by atoms with Gasteiger partial charge in [0.1, 0.15) is 24.3 Å². The third-order valence-electron chi connectivity index (χ3n) is 3.65. The smallest absolute Gasteiger partial charge is 0.261 e. The van der Waals surface area contributed by atoms with Crippen LogP contribution in [0.15, 0.2) is 12.5 Å². The second-order valence-corrected chi connectivity index (χ2v) is 5.11. The van der Waals surface area contributed by atoms with Crippen LogP contribution in [0.3, 0.4) is 0 Å². The summed E-state index contributed by atoms with van der Waals surface area (Å²) in [6, 6.07) is 0. The molecule has 0 fully saturated rings. The fraction of sp³-hybridized carbons (Fsp3) is 0.250. The Morgan fingerprint density at radius 3 is 2.91 bits per heavy atom. The molecule has 0 unspecified atom stereocenters. The van der Waals surface area contributed by atoms with Crippen LogP contribution in [0.5, 0.6) is 0 Å². The standard InChI is InChI=1S/C12H11N9O2/c1-6-10(21(22)23)7(2)19(17-6)4-9-15-12-8-3-14-16-11(8)13-5-20(12)18-9/h3,5H,4H2,1-2H3,(H,14,16). The number of fused-ring (bicyclic) bond motifs is 3. The van der Waals surface area contributed by atoms with Crippen LogP contribution in [-0.2, 0) is 6.54 Å². The zero-order valence-corrected chi connectivity index (χ0v) is 12.3. The molecule has 0 aliphatic heterocycles. The number of hydrogen-bond acceptors (Lipinski definition) is 7. The van der Waals surface area contributed by atoms with E-state index in [-0.39, 0.29) is 12.2 Å². The van der Waals surface area contributed by atoms with Gasteiger partial charge in [-0.05, 0) is 13.8 Å². The van der Waals surface area contributed by atoms with E-state index < -0.39 is 4.92 Å². The summed E-state index contributed by atoms with van der Waals surface area (Å²) in [4.78, 5) is 19.3. The van der Waals surface area contributed by atoms with E-state index in [1.54, 1.807) is 24.6 Å². The second kappa shape index (κ2) is 4.56. The Morgan fingerprint density at radius 1 is 1.35 bits per heavy atom. The molecule has 4 heterocycles. The Bertz CT molecular complexity index is 1060. The van der Waals surface area contributed by atoms with Crippen molar-refractivity contribution in [2.75, 3.05) is 0 Å². The number of aromatic amines is 1. The normalized spacial score (nSPS) is 11.6. The van der Waals surface area contributed by atoms with Crippen LogP contribution < -0.4 is 0 Å². The minimum atomic E-state index is -0.426. The van der Waals surface area contributed by atoms with Crippen molar-refractivity contribution in [2.45, 2.75) is 20.4 Å². The van der Waals surface area contributed by atoms with E-state index in [0.717, 1.165) is 5.39 Å². The molecule has 0 aliphatic rings. The fourth-order valence-electron chi connectivity index (χ4n) is 2.59. The lowest BCUT2D eigenvalue weighted by molar-refractivity contribution is -0.386. The average molecular weight is 313 g/mol. The largest absolute Gasteiger partial charge is 0.312 e. The Morgan fingerprint density at radius 2 is 2.17 bits per heavy atom. The number of nitrogens with one attached hydrogen (secondary N) is 1. The maximum atomic E-state index is 11.1. The lowest BCUT2D eigenvalue weighted by Crippen LogP contribution is -2.06.